The van der Waals surface area contributed by atoms with Crippen molar-refractivity contribution in [2.24, 2.45) is 5.73 Å². The predicted octanol–water partition coefficient (Wildman–Crippen LogP) is 2.96. The van der Waals surface area contributed by atoms with Gasteiger partial charge in [0.25, 0.3) is 0 Å². The van der Waals surface area contributed by atoms with Gasteiger partial charge < -0.3 is 10.5 Å². The number of hydrogen-bond acceptors (Lipinski definition) is 4. The maximum absolute atomic E-state index is 12.6. The van der Waals surface area contributed by atoms with Crippen molar-refractivity contribution in [3.8, 4) is 0 Å². The molecule has 2 heterocycles. The predicted molar refractivity (Wildman–Crippen MR) is 88.1 cm³/mol. The second kappa shape index (κ2) is 5.48. The number of nitrogens with zero attached hydrogens (tertiary/aromatic N) is 1. The summed E-state index contributed by atoms with van der Waals surface area (Å²) in [6.45, 7) is 2.02. The molecule has 106 valence electrons. The molecule has 0 saturated heterocycles. The van der Waals surface area contributed by atoms with Crippen LogP contribution in [0.15, 0.2) is 48.6 Å². The number of ketones is 1. The number of hydrogen-bond donors (Lipinski definition) is 1. The van der Waals surface area contributed by atoms with E-state index < -0.39 is 6.10 Å². The number of ether oxygens (including phenoxy) is 1. The zero-order valence-corrected chi connectivity index (χ0v) is 13.5. The first-order valence-electron chi connectivity index (χ1n) is 6.45. The summed E-state index contributed by atoms with van der Waals surface area (Å²) in [5.41, 5.74) is 9.04. The highest BCUT2D eigenvalue weighted by Crippen LogP contribution is 2.36. The molecule has 3 rings (SSSR count). The lowest BCUT2D eigenvalue weighted by atomic mass is 9.97. The van der Waals surface area contributed by atoms with Crippen molar-refractivity contribution in [1.82, 2.24) is 4.98 Å². The molecule has 0 radical (unpaired) electrons. The molecule has 5 heteroatoms. The summed E-state index contributed by atoms with van der Waals surface area (Å²) in [5.74, 6) is 0.0497. The van der Waals surface area contributed by atoms with Crippen LogP contribution in [-0.2, 0) is 9.53 Å². The van der Waals surface area contributed by atoms with Crippen LogP contribution in [0, 0.1) is 10.5 Å². The summed E-state index contributed by atoms with van der Waals surface area (Å²) >= 11 is 2.24. The third kappa shape index (κ3) is 2.53. The summed E-state index contributed by atoms with van der Waals surface area (Å²) in [7, 11) is 0. The highest BCUT2D eigenvalue weighted by Gasteiger charge is 2.36. The van der Waals surface area contributed by atoms with Crippen LogP contribution in [0.2, 0.25) is 0 Å². The molecule has 2 N–H and O–H groups in total. The fourth-order valence-corrected chi connectivity index (χ4v) is 2.79. The fraction of sp³-hybridized carbons (Fsp3) is 0.125. The van der Waals surface area contributed by atoms with E-state index in [0.29, 0.717) is 11.1 Å². The average molecular weight is 392 g/mol. The zero-order chi connectivity index (χ0) is 15.0. The van der Waals surface area contributed by atoms with Crippen molar-refractivity contribution >= 4 is 33.9 Å². The van der Waals surface area contributed by atoms with Gasteiger partial charge in [-0.15, -0.1) is 0 Å². The Labute approximate surface area is 136 Å². The Morgan fingerprint density at radius 1 is 1.33 bits per heavy atom. The third-order valence-corrected chi connectivity index (χ3v) is 4.59. The fourth-order valence-electron chi connectivity index (χ4n) is 2.28. The molecule has 0 aliphatic carbocycles. The second-order valence-electron chi connectivity index (χ2n) is 4.85. The van der Waals surface area contributed by atoms with Crippen LogP contribution in [0.3, 0.4) is 0 Å². The Kier molecular flexibility index (Phi) is 3.67. The van der Waals surface area contributed by atoms with Gasteiger partial charge in [0, 0.05) is 21.5 Å². The van der Waals surface area contributed by atoms with E-state index >= 15 is 0 Å². The summed E-state index contributed by atoms with van der Waals surface area (Å²) < 4.78 is 6.65. The first-order chi connectivity index (χ1) is 10.1. The number of halogens is 1. The lowest BCUT2D eigenvalue weighted by molar-refractivity contribution is -0.120. The molecule has 0 fully saturated rings. The van der Waals surface area contributed by atoms with Gasteiger partial charge in [0.05, 0.1) is 5.57 Å². The molecule has 2 aromatic rings. The number of benzene rings is 1. The van der Waals surface area contributed by atoms with Crippen LogP contribution in [0.1, 0.15) is 22.8 Å². The molecule has 0 spiro atoms. The van der Waals surface area contributed by atoms with Gasteiger partial charge in [-0.25, -0.2) is 0 Å². The van der Waals surface area contributed by atoms with Gasteiger partial charge in [-0.1, -0.05) is 18.2 Å². The minimum atomic E-state index is -0.701. The molecule has 0 saturated carbocycles. The Morgan fingerprint density at radius 2 is 2.14 bits per heavy atom. The molecule has 0 amide bonds. The molecule has 1 atom stereocenters. The first-order valence-corrected chi connectivity index (χ1v) is 7.53. The van der Waals surface area contributed by atoms with Crippen molar-refractivity contribution in [2.75, 3.05) is 0 Å². The summed E-state index contributed by atoms with van der Waals surface area (Å²) in [5, 5.41) is 0. The van der Waals surface area contributed by atoms with Gasteiger partial charge in [0.15, 0.2) is 12.0 Å². The minimum Gasteiger partial charge on any atom is -0.462 e. The van der Waals surface area contributed by atoms with E-state index in [9.17, 15) is 4.79 Å². The number of nitrogens with two attached hydrogens (primary N) is 1. The molecule has 1 aromatic carbocycles. The lowest BCUT2D eigenvalue weighted by Gasteiger charge is -2.09. The third-order valence-electron chi connectivity index (χ3n) is 3.42. The van der Waals surface area contributed by atoms with Crippen LogP contribution in [0.4, 0.5) is 0 Å². The molecule has 1 aromatic heterocycles. The maximum Gasteiger partial charge on any atom is 0.214 e. The normalized spacial score (nSPS) is 18.0. The number of aromatic nitrogens is 1. The highest BCUT2D eigenvalue weighted by molar-refractivity contribution is 14.1. The molecule has 1 aliphatic heterocycles. The van der Waals surface area contributed by atoms with Gasteiger partial charge in [-0.05, 0) is 52.8 Å². The SMILES string of the molecule is Cc1ccc(C2=C(N)OC(c3cccnc3)C2=O)cc1I. The van der Waals surface area contributed by atoms with Gasteiger partial charge in [0.1, 0.15) is 0 Å². The van der Waals surface area contributed by atoms with Crippen LogP contribution in [-0.4, -0.2) is 10.8 Å². The zero-order valence-electron chi connectivity index (χ0n) is 11.3. The largest absolute Gasteiger partial charge is 0.462 e. The monoisotopic (exact) mass is 392 g/mol. The number of Topliss-reactive ketones (excluding diaryl/α,β-unsaturated/α-hetero) is 1. The Bertz CT molecular complexity index is 741. The number of carbonyl (C=O) groups excluding carboxylic acids is 1. The Hall–Kier alpha value is -1.89. The number of aryl methyl sites for hydroxylation is 1. The van der Waals surface area contributed by atoms with Crippen molar-refractivity contribution in [1.29, 1.82) is 0 Å². The highest BCUT2D eigenvalue weighted by atomic mass is 127. The number of carbonyl (C=O) groups is 1. The molecule has 0 bridgehead atoms. The quantitative estimate of drug-likeness (QED) is 0.799. The van der Waals surface area contributed by atoms with Crippen LogP contribution >= 0.6 is 22.6 Å². The maximum atomic E-state index is 12.6. The van der Waals surface area contributed by atoms with E-state index in [-0.39, 0.29) is 11.7 Å². The minimum absolute atomic E-state index is 0.125. The van der Waals surface area contributed by atoms with Crippen LogP contribution in [0.25, 0.3) is 5.57 Å². The number of rotatable bonds is 2. The lowest BCUT2D eigenvalue weighted by Crippen LogP contribution is -2.10. The summed E-state index contributed by atoms with van der Waals surface area (Å²) in [4.78, 5) is 16.6. The van der Waals surface area contributed by atoms with Crippen molar-refractivity contribution in [3.05, 3.63) is 68.9 Å². The smallest absolute Gasteiger partial charge is 0.214 e. The van der Waals surface area contributed by atoms with Crippen molar-refractivity contribution < 1.29 is 9.53 Å². The number of pyridine rings is 1. The molecule has 1 aliphatic rings. The van der Waals surface area contributed by atoms with Gasteiger partial charge in [-0.2, -0.15) is 0 Å². The van der Waals surface area contributed by atoms with Crippen LogP contribution < -0.4 is 5.73 Å². The summed E-state index contributed by atoms with van der Waals surface area (Å²) in [6.07, 6.45) is 2.58. The molecule has 21 heavy (non-hydrogen) atoms. The molecular weight excluding hydrogens is 379 g/mol. The van der Waals surface area contributed by atoms with E-state index in [2.05, 4.69) is 27.6 Å². The Morgan fingerprint density at radius 3 is 2.81 bits per heavy atom. The van der Waals surface area contributed by atoms with Gasteiger partial charge >= 0.3 is 0 Å². The van der Waals surface area contributed by atoms with Crippen LogP contribution in [0.5, 0.6) is 0 Å². The van der Waals surface area contributed by atoms with Crippen molar-refractivity contribution in [3.63, 3.8) is 0 Å². The second-order valence-corrected chi connectivity index (χ2v) is 6.01. The first kappa shape index (κ1) is 14.1. The van der Waals surface area contributed by atoms with Crippen molar-refractivity contribution in [2.45, 2.75) is 13.0 Å². The van der Waals surface area contributed by atoms with E-state index in [1.54, 1.807) is 18.5 Å². The Balaban J connectivity index is 1.98. The van der Waals surface area contributed by atoms with Gasteiger partial charge in [-0.3, -0.25) is 9.78 Å². The molecule has 4 nitrogen and oxygen atoms in total. The van der Waals surface area contributed by atoms with E-state index in [1.165, 1.54) is 0 Å². The molecule has 1 unspecified atom stereocenters. The van der Waals surface area contributed by atoms with E-state index in [4.69, 9.17) is 10.5 Å². The van der Waals surface area contributed by atoms with Gasteiger partial charge in [0.2, 0.25) is 5.78 Å². The van der Waals surface area contributed by atoms with E-state index in [0.717, 1.165) is 14.7 Å². The van der Waals surface area contributed by atoms with E-state index in [1.807, 2.05) is 31.2 Å². The average Bonchev–Trinajstić information content (AvgIpc) is 2.78. The topological polar surface area (TPSA) is 65.2 Å². The summed E-state index contributed by atoms with van der Waals surface area (Å²) in [6, 6.07) is 9.40. The molecular formula is C16H13IN2O2. The standard InChI is InChI=1S/C16H13IN2O2/c1-9-4-5-10(7-12(9)17)13-14(20)15(21-16(13)18)11-3-2-6-19-8-11/h2-8,15H,18H2,1H3.